The minimum atomic E-state index is -1.49. The molecule has 54 valence electrons. The number of hydrogen-bond donors (Lipinski definition) is 1. The van der Waals surface area contributed by atoms with Crippen molar-refractivity contribution in [1.29, 1.82) is 0 Å². The first-order valence-electron chi connectivity index (χ1n) is 2.64. The third kappa shape index (κ3) is 1.49. The average Bonchev–Trinajstić information content (AvgIpc) is 1.88. The largest absolute Gasteiger partial charge is 0.398 e. The maximum Gasteiger partial charge on any atom is 0.149 e. The second-order valence-electron chi connectivity index (χ2n) is 1.76. The van der Waals surface area contributed by atoms with Crippen LogP contribution >= 0.6 is 10.7 Å². The Kier molecular flexibility index (Phi) is 2.29. The molecule has 1 atom stereocenters. The molecule has 1 aromatic rings. The fourth-order valence-corrected chi connectivity index (χ4v) is 1.49. The molecule has 0 aliphatic rings. The predicted octanol–water partition coefficient (Wildman–Crippen LogP) is 1.53. The molecule has 0 spiro atoms. The van der Waals surface area contributed by atoms with Crippen LogP contribution in [0.1, 0.15) is 0 Å². The van der Waals surface area contributed by atoms with Crippen molar-refractivity contribution in [2.45, 2.75) is 4.90 Å². The van der Waals surface area contributed by atoms with Gasteiger partial charge in [0.15, 0.2) is 0 Å². The number of hydrogen-bond acceptors (Lipinski definition) is 2. The van der Waals surface area contributed by atoms with Gasteiger partial charge in [0.2, 0.25) is 0 Å². The van der Waals surface area contributed by atoms with E-state index < -0.39 is 10.0 Å². The highest BCUT2D eigenvalue weighted by Crippen LogP contribution is 2.16. The fraction of sp³-hybridized carbons (Fsp3) is 0. The highest BCUT2D eigenvalue weighted by atomic mass is 35.7. The molecule has 0 fully saturated rings. The highest BCUT2D eigenvalue weighted by Gasteiger charge is 2.01. The summed E-state index contributed by atoms with van der Waals surface area (Å²) >= 11 is 0. The molecular weight excluding hydrogens is 170 g/mol. The van der Waals surface area contributed by atoms with E-state index in [0.717, 1.165) is 0 Å². The monoisotopic (exact) mass is 175 g/mol. The smallest absolute Gasteiger partial charge is 0.149 e. The summed E-state index contributed by atoms with van der Waals surface area (Å²) in [6, 6.07) is 6.81. The van der Waals surface area contributed by atoms with Crippen LogP contribution in [-0.4, -0.2) is 4.21 Å². The molecule has 1 rings (SSSR count). The summed E-state index contributed by atoms with van der Waals surface area (Å²) in [7, 11) is 3.81. The van der Waals surface area contributed by atoms with Gasteiger partial charge in [0.25, 0.3) is 0 Å². The Labute approximate surface area is 66.0 Å². The highest BCUT2D eigenvalue weighted by molar-refractivity contribution is 8.08. The zero-order chi connectivity index (χ0) is 7.56. The van der Waals surface area contributed by atoms with Crippen LogP contribution in [0, 0.1) is 0 Å². The van der Waals surface area contributed by atoms with Gasteiger partial charge in [0.1, 0.15) is 10.0 Å². The van der Waals surface area contributed by atoms with E-state index >= 15 is 0 Å². The molecule has 0 aliphatic carbocycles. The quantitative estimate of drug-likeness (QED) is 0.520. The number of anilines is 1. The van der Waals surface area contributed by atoms with Crippen LogP contribution in [0.25, 0.3) is 0 Å². The number of para-hydroxylation sites is 1. The SMILES string of the molecule is Nc1ccccc1S(=O)Cl. The fourth-order valence-electron chi connectivity index (χ4n) is 0.627. The summed E-state index contributed by atoms with van der Waals surface area (Å²) in [6.07, 6.45) is 0. The van der Waals surface area contributed by atoms with E-state index in [-0.39, 0.29) is 0 Å². The van der Waals surface area contributed by atoms with Crippen LogP contribution in [0.15, 0.2) is 29.2 Å². The van der Waals surface area contributed by atoms with Crippen molar-refractivity contribution in [3.63, 3.8) is 0 Å². The zero-order valence-electron chi connectivity index (χ0n) is 5.08. The molecule has 0 saturated heterocycles. The molecule has 0 bridgehead atoms. The normalized spacial score (nSPS) is 12.9. The van der Waals surface area contributed by atoms with Crippen LogP contribution in [0.4, 0.5) is 5.69 Å². The van der Waals surface area contributed by atoms with Crippen molar-refractivity contribution >= 4 is 26.4 Å². The molecule has 0 aromatic heterocycles. The van der Waals surface area contributed by atoms with Gasteiger partial charge >= 0.3 is 0 Å². The molecule has 0 heterocycles. The molecule has 1 unspecified atom stereocenters. The molecule has 0 radical (unpaired) electrons. The lowest BCUT2D eigenvalue weighted by Gasteiger charge is -1.96. The summed E-state index contributed by atoms with van der Waals surface area (Å²) in [5, 5.41) is 0. The van der Waals surface area contributed by atoms with Crippen molar-refractivity contribution in [3.05, 3.63) is 24.3 Å². The standard InChI is InChI=1S/C6H6ClNOS/c7-10(9)6-4-2-1-3-5(6)8/h1-4H,8H2. The topological polar surface area (TPSA) is 43.1 Å². The molecule has 2 N–H and O–H groups in total. The Hall–Kier alpha value is -0.540. The van der Waals surface area contributed by atoms with Crippen LogP contribution < -0.4 is 5.73 Å². The van der Waals surface area contributed by atoms with Gasteiger partial charge in [0, 0.05) is 5.69 Å². The van der Waals surface area contributed by atoms with Crippen molar-refractivity contribution in [2.24, 2.45) is 0 Å². The van der Waals surface area contributed by atoms with Crippen LogP contribution in [0.5, 0.6) is 0 Å². The van der Waals surface area contributed by atoms with Crippen LogP contribution in [0.2, 0.25) is 0 Å². The van der Waals surface area contributed by atoms with E-state index in [9.17, 15) is 4.21 Å². The Balaban J connectivity index is 3.15. The number of nitrogens with two attached hydrogens (primary N) is 1. The Morgan fingerprint density at radius 1 is 1.40 bits per heavy atom. The number of rotatable bonds is 1. The van der Waals surface area contributed by atoms with E-state index in [1.54, 1.807) is 24.3 Å². The molecule has 0 aliphatic heterocycles. The van der Waals surface area contributed by atoms with Crippen molar-refractivity contribution in [1.82, 2.24) is 0 Å². The van der Waals surface area contributed by atoms with E-state index in [0.29, 0.717) is 10.6 Å². The Morgan fingerprint density at radius 3 is 2.40 bits per heavy atom. The van der Waals surface area contributed by atoms with E-state index in [1.165, 1.54) is 0 Å². The number of halogens is 1. The van der Waals surface area contributed by atoms with E-state index in [4.69, 9.17) is 16.4 Å². The maximum atomic E-state index is 10.7. The van der Waals surface area contributed by atoms with Crippen LogP contribution in [-0.2, 0) is 10.0 Å². The van der Waals surface area contributed by atoms with Gasteiger partial charge in [0.05, 0.1) is 4.90 Å². The average molecular weight is 176 g/mol. The summed E-state index contributed by atoms with van der Waals surface area (Å²) in [4.78, 5) is 0.476. The molecule has 4 heteroatoms. The first-order chi connectivity index (χ1) is 4.72. The third-order valence-electron chi connectivity index (χ3n) is 1.09. The Bertz CT molecular complexity index is 264. The number of nitrogen functional groups attached to an aromatic ring is 1. The predicted molar refractivity (Wildman–Crippen MR) is 43.1 cm³/mol. The summed E-state index contributed by atoms with van der Waals surface area (Å²) in [6.45, 7) is 0. The summed E-state index contributed by atoms with van der Waals surface area (Å²) < 4.78 is 10.7. The van der Waals surface area contributed by atoms with Gasteiger partial charge < -0.3 is 5.73 Å². The first kappa shape index (κ1) is 7.57. The molecule has 1 aromatic carbocycles. The maximum absolute atomic E-state index is 10.7. The molecule has 2 nitrogen and oxygen atoms in total. The van der Waals surface area contributed by atoms with Gasteiger partial charge in [-0.25, -0.2) is 4.21 Å². The van der Waals surface area contributed by atoms with Gasteiger partial charge in [-0.3, -0.25) is 0 Å². The second-order valence-corrected chi connectivity index (χ2v) is 3.49. The molecule has 0 amide bonds. The first-order valence-corrected chi connectivity index (χ1v) is 4.62. The summed E-state index contributed by atoms with van der Waals surface area (Å²) in [5.41, 5.74) is 5.91. The van der Waals surface area contributed by atoms with Crippen molar-refractivity contribution in [3.8, 4) is 0 Å². The van der Waals surface area contributed by atoms with E-state index in [1.807, 2.05) is 0 Å². The van der Waals surface area contributed by atoms with Gasteiger partial charge in [-0.2, -0.15) is 0 Å². The summed E-state index contributed by atoms with van der Waals surface area (Å²) in [5.74, 6) is 0. The second kappa shape index (κ2) is 3.03. The van der Waals surface area contributed by atoms with Crippen molar-refractivity contribution < 1.29 is 4.21 Å². The van der Waals surface area contributed by atoms with E-state index in [2.05, 4.69) is 0 Å². The van der Waals surface area contributed by atoms with Gasteiger partial charge in [-0.1, -0.05) is 12.1 Å². The minimum absolute atomic E-state index is 0.468. The molecule has 10 heavy (non-hydrogen) atoms. The number of benzene rings is 1. The van der Waals surface area contributed by atoms with Gasteiger partial charge in [-0.15, -0.1) is 0 Å². The zero-order valence-corrected chi connectivity index (χ0v) is 6.65. The third-order valence-corrected chi connectivity index (χ3v) is 2.31. The lowest BCUT2D eigenvalue weighted by Crippen LogP contribution is -1.91. The minimum Gasteiger partial charge on any atom is -0.398 e. The lowest BCUT2D eigenvalue weighted by molar-refractivity contribution is 0.691. The van der Waals surface area contributed by atoms with Crippen LogP contribution in [0.3, 0.4) is 0 Å². The molecule has 0 saturated carbocycles. The Morgan fingerprint density at radius 2 is 2.00 bits per heavy atom. The molecular formula is C6H6ClNOS. The van der Waals surface area contributed by atoms with Crippen molar-refractivity contribution in [2.75, 3.05) is 5.73 Å². The van der Waals surface area contributed by atoms with Gasteiger partial charge in [-0.05, 0) is 22.8 Å². The lowest BCUT2D eigenvalue weighted by atomic mass is 10.3.